The summed E-state index contributed by atoms with van der Waals surface area (Å²) >= 11 is 6.65. The monoisotopic (exact) mass is 415 g/mol. The average Bonchev–Trinajstić information content (AvgIpc) is 2.79. The first-order valence-corrected chi connectivity index (χ1v) is 7.29. The van der Waals surface area contributed by atoms with E-state index in [-0.39, 0.29) is 11.7 Å². The largest absolute Gasteiger partial charge is 0.409 e. The Labute approximate surface area is 137 Å². The Morgan fingerprint density at radius 2 is 2.14 bits per heavy atom. The number of amidine groups is 1. The molecule has 0 saturated heterocycles. The van der Waals surface area contributed by atoms with Gasteiger partial charge in [-0.3, -0.25) is 9.48 Å². The maximum Gasteiger partial charge on any atom is 0.257 e. The van der Waals surface area contributed by atoms with E-state index in [0.29, 0.717) is 21.4 Å². The second-order valence-electron chi connectivity index (χ2n) is 4.09. The van der Waals surface area contributed by atoms with Crippen LogP contribution in [0.4, 0.5) is 5.82 Å². The van der Waals surface area contributed by atoms with Gasteiger partial charge in [0, 0.05) is 16.0 Å². The van der Waals surface area contributed by atoms with Gasteiger partial charge in [-0.2, -0.15) is 5.10 Å². The molecule has 0 spiro atoms. The number of aryl methyl sites for hydroxylation is 1. The number of oxime groups is 1. The highest BCUT2D eigenvalue weighted by Gasteiger charge is 2.17. The van der Waals surface area contributed by atoms with Gasteiger partial charge in [0.15, 0.2) is 5.84 Å². The van der Waals surface area contributed by atoms with Gasteiger partial charge >= 0.3 is 0 Å². The van der Waals surface area contributed by atoms with Gasteiger partial charge in [-0.05, 0) is 34.1 Å². The third kappa shape index (κ3) is 3.24. The second-order valence-corrected chi connectivity index (χ2v) is 5.86. The van der Waals surface area contributed by atoms with Gasteiger partial charge in [0.05, 0.1) is 17.3 Å². The smallest absolute Gasteiger partial charge is 0.257 e. The Bertz CT molecular complexity index is 726. The fourth-order valence-electron chi connectivity index (χ4n) is 1.68. The van der Waals surface area contributed by atoms with E-state index in [2.05, 4.69) is 47.4 Å². The summed E-state index contributed by atoms with van der Waals surface area (Å²) in [6, 6.07) is 5.19. The van der Waals surface area contributed by atoms with Crippen LogP contribution >= 0.6 is 31.9 Å². The van der Waals surface area contributed by atoms with Gasteiger partial charge in [-0.25, -0.2) is 0 Å². The number of carbonyl (C=O) groups is 1. The normalized spacial score (nSPS) is 11.5. The maximum absolute atomic E-state index is 12.3. The van der Waals surface area contributed by atoms with Crippen molar-refractivity contribution < 1.29 is 10.0 Å². The first-order valence-electron chi connectivity index (χ1n) is 5.70. The van der Waals surface area contributed by atoms with E-state index in [1.165, 1.54) is 10.9 Å². The number of rotatable bonds is 3. The van der Waals surface area contributed by atoms with Crippen molar-refractivity contribution in [3.63, 3.8) is 0 Å². The first kappa shape index (κ1) is 15.5. The highest BCUT2D eigenvalue weighted by Crippen LogP contribution is 2.23. The fourth-order valence-corrected chi connectivity index (χ4v) is 2.90. The number of carbonyl (C=O) groups excluding carboxylic acids is 1. The van der Waals surface area contributed by atoms with E-state index in [4.69, 9.17) is 10.9 Å². The molecule has 0 atom stereocenters. The van der Waals surface area contributed by atoms with Gasteiger partial charge in [0.1, 0.15) is 5.82 Å². The molecule has 0 aliphatic carbocycles. The number of aromatic nitrogens is 2. The lowest BCUT2D eigenvalue weighted by molar-refractivity contribution is 0.102. The minimum absolute atomic E-state index is 0.131. The molecule has 0 fully saturated rings. The molecule has 0 unspecified atom stereocenters. The molecule has 2 aromatic rings. The van der Waals surface area contributed by atoms with Crippen LogP contribution in [0.5, 0.6) is 0 Å². The molecule has 9 heteroatoms. The number of amides is 1. The summed E-state index contributed by atoms with van der Waals surface area (Å²) in [7, 11) is 1.64. The molecule has 1 heterocycles. The molecule has 0 aliphatic heterocycles. The Balaban J connectivity index is 2.34. The van der Waals surface area contributed by atoms with Crippen molar-refractivity contribution in [3.8, 4) is 0 Å². The molecule has 0 saturated carbocycles. The lowest BCUT2D eigenvalue weighted by atomic mass is 10.2. The van der Waals surface area contributed by atoms with E-state index in [1.807, 2.05) is 0 Å². The summed E-state index contributed by atoms with van der Waals surface area (Å²) in [5.41, 5.74) is 6.34. The van der Waals surface area contributed by atoms with Gasteiger partial charge < -0.3 is 16.3 Å². The Hall–Kier alpha value is -1.87. The molecule has 0 radical (unpaired) electrons. The number of anilines is 1. The van der Waals surface area contributed by atoms with Crippen molar-refractivity contribution in [2.75, 3.05) is 5.32 Å². The zero-order valence-corrected chi connectivity index (χ0v) is 14.0. The maximum atomic E-state index is 12.3. The third-order valence-electron chi connectivity index (χ3n) is 2.73. The minimum Gasteiger partial charge on any atom is -0.409 e. The lowest BCUT2D eigenvalue weighted by Crippen LogP contribution is -2.20. The predicted octanol–water partition coefficient (Wildman–Crippen LogP) is 2.29. The van der Waals surface area contributed by atoms with Crippen LogP contribution in [0.25, 0.3) is 0 Å². The zero-order valence-electron chi connectivity index (χ0n) is 10.8. The Morgan fingerprint density at radius 1 is 1.43 bits per heavy atom. The summed E-state index contributed by atoms with van der Waals surface area (Å²) in [6.07, 6.45) is 1.40. The van der Waals surface area contributed by atoms with E-state index in [9.17, 15) is 4.79 Å². The van der Waals surface area contributed by atoms with Crippen molar-refractivity contribution in [1.29, 1.82) is 0 Å². The molecular formula is C12H11Br2N5O2. The van der Waals surface area contributed by atoms with Crippen LogP contribution in [0.1, 0.15) is 15.9 Å². The van der Waals surface area contributed by atoms with Crippen LogP contribution in [0.2, 0.25) is 0 Å². The number of hydrogen-bond acceptors (Lipinski definition) is 4. The first-order chi connectivity index (χ1) is 9.93. The second kappa shape index (κ2) is 6.27. The number of nitrogens with one attached hydrogen (secondary N) is 1. The minimum atomic E-state index is -0.343. The summed E-state index contributed by atoms with van der Waals surface area (Å²) in [5.74, 6) is -0.136. The van der Waals surface area contributed by atoms with Crippen LogP contribution in [-0.2, 0) is 7.05 Å². The van der Waals surface area contributed by atoms with Crippen LogP contribution in [0.3, 0.4) is 0 Å². The number of halogens is 2. The highest BCUT2D eigenvalue weighted by atomic mass is 79.9. The van der Waals surface area contributed by atoms with Crippen molar-refractivity contribution >= 4 is 49.4 Å². The van der Waals surface area contributed by atoms with Crippen molar-refractivity contribution in [3.05, 3.63) is 44.5 Å². The SMILES string of the molecule is Cn1ncc(/C(N)=N/O)c1NC(=O)c1ccc(Br)cc1Br. The molecule has 7 nitrogen and oxygen atoms in total. The summed E-state index contributed by atoms with van der Waals surface area (Å²) in [4.78, 5) is 12.3. The lowest BCUT2D eigenvalue weighted by Gasteiger charge is -2.09. The van der Waals surface area contributed by atoms with Gasteiger partial charge in [0.25, 0.3) is 5.91 Å². The topological polar surface area (TPSA) is 106 Å². The number of nitrogens with zero attached hydrogens (tertiary/aromatic N) is 3. The fraction of sp³-hybridized carbons (Fsp3) is 0.0833. The standard InChI is InChI=1S/C12H11Br2N5O2/c1-19-11(8(5-16-19)10(15)18-21)17-12(20)7-3-2-6(13)4-9(7)14/h2-5,21H,1H3,(H2,15,18)(H,17,20). The highest BCUT2D eigenvalue weighted by molar-refractivity contribution is 9.11. The van der Waals surface area contributed by atoms with Crippen molar-refractivity contribution in [2.24, 2.45) is 17.9 Å². The molecule has 0 aliphatic rings. The third-order valence-corrected chi connectivity index (χ3v) is 3.88. The number of benzene rings is 1. The molecule has 4 N–H and O–H groups in total. The van der Waals surface area contributed by atoms with Crippen LogP contribution < -0.4 is 11.1 Å². The average molecular weight is 417 g/mol. The van der Waals surface area contributed by atoms with E-state index < -0.39 is 0 Å². The van der Waals surface area contributed by atoms with E-state index >= 15 is 0 Å². The molecule has 2 rings (SSSR count). The predicted molar refractivity (Wildman–Crippen MR) is 85.5 cm³/mol. The number of nitrogens with two attached hydrogens (primary N) is 1. The van der Waals surface area contributed by atoms with E-state index in [1.54, 1.807) is 25.2 Å². The molecule has 1 aromatic heterocycles. The summed E-state index contributed by atoms with van der Waals surface area (Å²) in [6.45, 7) is 0. The molecule has 21 heavy (non-hydrogen) atoms. The molecule has 1 amide bonds. The Kier molecular flexibility index (Phi) is 4.63. The van der Waals surface area contributed by atoms with Crippen LogP contribution in [0.15, 0.2) is 38.5 Å². The van der Waals surface area contributed by atoms with Gasteiger partial charge in [0.2, 0.25) is 0 Å². The van der Waals surface area contributed by atoms with Crippen LogP contribution in [0, 0.1) is 0 Å². The summed E-state index contributed by atoms with van der Waals surface area (Å²) in [5, 5.41) is 18.3. The molecule has 1 aromatic carbocycles. The van der Waals surface area contributed by atoms with Crippen molar-refractivity contribution in [1.82, 2.24) is 9.78 Å². The molecular weight excluding hydrogens is 406 g/mol. The van der Waals surface area contributed by atoms with E-state index in [0.717, 1.165) is 4.47 Å². The van der Waals surface area contributed by atoms with Crippen LogP contribution in [-0.4, -0.2) is 26.7 Å². The molecule has 0 bridgehead atoms. The van der Waals surface area contributed by atoms with Gasteiger partial charge in [-0.1, -0.05) is 21.1 Å². The molecule has 110 valence electrons. The number of hydrogen-bond donors (Lipinski definition) is 3. The quantitative estimate of drug-likeness (QED) is 0.309. The zero-order chi connectivity index (χ0) is 15.6. The Morgan fingerprint density at radius 3 is 2.76 bits per heavy atom. The van der Waals surface area contributed by atoms with Gasteiger partial charge in [-0.15, -0.1) is 0 Å². The van der Waals surface area contributed by atoms with Crippen molar-refractivity contribution in [2.45, 2.75) is 0 Å². The summed E-state index contributed by atoms with van der Waals surface area (Å²) < 4.78 is 2.92.